The largest absolute Gasteiger partial charge is 0.514 e. The molecule has 22 nitrogen and oxygen atoms in total. The number of aliphatic hydroxyl groups excluding tert-OH is 2. The molecule has 11 N–H and O–H groups in total. The number of carbonyl (C=O) groups excluding carboxylic acids is 4. The summed E-state index contributed by atoms with van der Waals surface area (Å²) in [6.45, 7) is 34.4. The second-order valence-corrected chi connectivity index (χ2v) is 36.4. The van der Waals surface area contributed by atoms with Crippen LogP contribution in [-0.2, 0) is 38.0 Å². The SMILES string of the molecule is CC(=O)O[C@@H](C1C[C@@H](C)C2C(O1)[C@H](O)[C@@]1(C)[C@@H]3CC[C@H]4C(C)(C)C(OC(=O)NCCN)CC[C@@]45CC35CC[C@]21C)C(C)(C)O.CC(=O)O[C@@H](C1C[C@@H](C)C2C(O1)[C@H](O)[C@@]1(C)[C@@H]3CC[C@H]4C(C)(C)C(OC(=O)Oc5ccc([N+](=O)[O-])cc5)CC[C@@]45CC35CC[C@]21C)C(C)(C)O.NCCN. The van der Waals surface area contributed by atoms with Crippen LogP contribution in [0.4, 0.5) is 15.3 Å². The number of carbonyl (C=O) groups is 4. The number of fused-ring (bicyclic) bond motifs is 8. The number of rotatable bonds is 13. The van der Waals surface area contributed by atoms with Crippen LogP contribution in [0.15, 0.2) is 24.3 Å². The van der Waals surface area contributed by atoms with E-state index in [0.29, 0.717) is 62.7 Å². The van der Waals surface area contributed by atoms with Crippen molar-refractivity contribution in [2.24, 2.45) is 119 Å². The Bertz CT molecular complexity index is 3170. The van der Waals surface area contributed by atoms with E-state index >= 15 is 0 Å². The molecule has 13 rings (SSSR count). The Morgan fingerprint density at radius 1 is 0.602 bits per heavy atom. The molecule has 1 aromatic rings. The number of hydrogen-bond donors (Lipinski definition) is 8. The van der Waals surface area contributed by atoms with Crippen LogP contribution in [-0.4, -0.2) is 148 Å². The van der Waals surface area contributed by atoms with Crippen LogP contribution in [0.5, 0.6) is 5.75 Å². The molecule has 10 saturated carbocycles. The van der Waals surface area contributed by atoms with E-state index in [1.54, 1.807) is 27.7 Å². The molecule has 12 fully saturated rings. The van der Waals surface area contributed by atoms with E-state index in [0.717, 1.165) is 77.0 Å². The molecule has 2 heterocycles. The Hall–Kier alpha value is -4.26. The minimum Gasteiger partial charge on any atom is -0.457 e. The number of nitro benzene ring substituents is 1. The maximum absolute atomic E-state index is 13.0. The number of nitrogens with one attached hydrogen (secondary N) is 1. The number of amides is 1. The maximum atomic E-state index is 13.0. The quantitative estimate of drug-likeness (QED) is 0.0299. The summed E-state index contributed by atoms with van der Waals surface area (Å²) in [6.07, 6.45) is 9.34. The van der Waals surface area contributed by atoms with Crippen LogP contribution in [0.25, 0.3) is 0 Å². The number of esters is 2. The third-order valence-electron chi connectivity index (χ3n) is 30.5. The molecule has 1 aromatic carbocycles. The predicted octanol–water partition coefficient (Wildman–Crippen LogP) is 10.5. The first kappa shape index (κ1) is 74.9. The second-order valence-electron chi connectivity index (χ2n) is 36.4. The highest BCUT2D eigenvalue weighted by Gasteiger charge is 2.87. The standard InChI is InChI=1S/C39H55NO10.C35H58N2O7.C2H8N2/c1-21-19-25(32(35(5,6)44)47-22(2)41)49-30-29(21)36(7)17-18-39-20-38(39)16-15-28(50-33(43)48-24-11-9-23(10-12-24)40(45)46)34(3,4)26(38)13-14-27(39)37(36,8)31(30)42;1-19-17-21(28(31(5,6)41)42-20(2)38)43-26-25(19)32(7)13-14-35-18-34(35)12-11-24(44-29(40)37-16-15-36)30(3,4)22(34)9-10-23(35)33(32,8)27(26)39;3-1-2-4/h9-12,21,25-32,42,44H,13-20H2,1-8H3;19,21-28,39,41H,9-18,36H2,1-8H3,(H,37,40);1-4H2/t21-,25?,26+,27+,28?,29?,30?,31+,32+,36-,37-,38-,39?;19-,21?,22+,23+,24?,25?,26?,27+,28+,32-,33-,34-,35?;/m11./s1. The van der Waals surface area contributed by atoms with Gasteiger partial charge in [0, 0.05) is 73.8 Å². The lowest BCUT2D eigenvalue weighted by atomic mass is 9.41. The van der Waals surface area contributed by atoms with Gasteiger partial charge in [0.05, 0.1) is 52.7 Å². The van der Waals surface area contributed by atoms with Crippen molar-refractivity contribution in [1.29, 1.82) is 0 Å². The molecule has 10 unspecified atom stereocenters. The van der Waals surface area contributed by atoms with Gasteiger partial charge in [-0.2, -0.15) is 0 Å². The molecule has 0 bridgehead atoms. The first-order chi connectivity index (χ1) is 45.5. The number of alkyl carbamates (subject to hydrolysis) is 1. The van der Waals surface area contributed by atoms with E-state index in [2.05, 4.69) is 74.6 Å². The number of ether oxygens (including phenoxy) is 7. The third kappa shape index (κ3) is 11.3. The highest BCUT2D eigenvalue weighted by Crippen LogP contribution is 2.91. The summed E-state index contributed by atoms with van der Waals surface area (Å²) in [6, 6.07) is 5.40. The van der Waals surface area contributed by atoms with Gasteiger partial charge in [0.2, 0.25) is 0 Å². The van der Waals surface area contributed by atoms with Crippen LogP contribution in [0.3, 0.4) is 0 Å². The monoisotopic (exact) mass is 1380 g/mol. The highest BCUT2D eigenvalue weighted by atomic mass is 16.7. The van der Waals surface area contributed by atoms with Crippen LogP contribution >= 0.6 is 0 Å². The maximum Gasteiger partial charge on any atom is 0.514 e. The first-order valence-electron chi connectivity index (χ1n) is 37.2. The van der Waals surface area contributed by atoms with E-state index < -0.39 is 76.9 Å². The van der Waals surface area contributed by atoms with E-state index in [9.17, 15) is 49.7 Å². The van der Waals surface area contributed by atoms with Crippen molar-refractivity contribution in [3.05, 3.63) is 34.4 Å². The van der Waals surface area contributed by atoms with Gasteiger partial charge < -0.3 is 76.1 Å². The third-order valence-corrected chi connectivity index (χ3v) is 30.5. The molecular weight excluding hydrogens is 1250 g/mol. The molecule has 12 aliphatic rings. The molecule has 4 spiro atoms. The Morgan fingerprint density at radius 2 is 0.990 bits per heavy atom. The van der Waals surface area contributed by atoms with Gasteiger partial charge in [0.15, 0.2) is 12.2 Å². The van der Waals surface area contributed by atoms with Gasteiger partial charge in [0.1, 0.15) is 18.0 Å². The van der Waals surface area contributed by atoms with E-state index in [4.69, 9.17) is 50.4 Å². The minimum atomic E-state index is -1.30. The molecule has 0 radical (unpaired) electrons. The highest BCUT2D eigenvalue weighted by molar-refractivity contribution is 5.68. The van der Waals surface area contributed by atoms with E-state index in [1.807, 2.05) is 0 Å². The Balaban J connectivity index is 0.000000190. The van der Waals surface area contributed by atoms with Crippen molar-refractivity contribution in [3.63, 3.8) is 0 Å². The lowest BCUT2D eigenvalue weighted by Crippen LogP contribution is -2.60. The molecule has 22 heteroatoms. The molecule has 0 aromatic heterocycles. The summed E-state index contributed by atoms with van der Waals surface area (Å²) in [5.41, 5.74) is 12.0. The van der Waals surface area contributed by atoms with Gasteiger partial charge >= 0.3 is 24.2 Å². The van der Waals surface area contributed by atoms with Gasteiger partial charge in [-0.15, -0.1) is 0 Å². The lowest BCUT2D eigenvalue weighted by Gasteiger charge is -2.63. The Kier molecular flexibility index (Phi) is 19.5. The summed E-state index contributed by atoms with van der Waals surface area (Å²) in [5, 5.41) is 60.7. The summed E-state index contributed by atoms with van der Waals surface area (Å²) in [5.74, 6) is 1.61. The van der Waals surface area contributed by atoms with Crippen LogP contribution < -0.4 is 27.3 Å². The number of hydrogen-bond acceptors (Lipinski definition) is 20. The number of non-ortho nitro benzene ring substituents is 1. The minimum absolute atomic E-state index is 0.0796. The number of aliphatic hydroxyl groups is 4. The van der Waals surface area contributed by atoms with Crippen molar-refractivity contribution in [2.75, 3.05) is 26.2 Å². The van der Waals surface area contributed by atoms with Gasteiger partial charge in [-0.25, -0.2) is 9.59 Å². The summed E-state index contributed by atoms with van der Waals surface area (Å²) < 4.78 is 42.4. The number of nitrogens with two attached hydrogens (primary N) is 3. The van der Waals surface area contributed by atoms with Crippen molar-refractivity contribution in [2.45, 2.75) is 286 Å². The van der Waals surface area contributed by atoms with Gasteiger partial charge in [0.25, 0.3) is 5.69 Å². The molecule has 98 heavy (non-hydrogen) atoms. The smallest absolute Gasteiger partial charge is 0.457 e. The zero-order valence-electron chi connectivity index (χ0n) is 61.6. The van der Waals surface area contributed by atoms with Crippen molar-refractivity contribution in [3.8, 4) is 5.75 Å². The Labute approximate surface area is 581 Å². The Morgan fingerprint density at radius 3 is 1.36 bits per heavy atom. The van der Waals surface area contributed by atoms with Gasteiger partial charge in [-0.3, -0.25) is 19.7 Å². The average molecular weight is 1380 g/mol. The fraction of sp³-hybridized carbons (Fsp3) is 0.868. The van der Waals surface area contributed by atoms with Crippen molar-refractivity contribution >= 4 is 29.9 Å². The summed E-state index contributed by atoms with van der Waals surface area (Å²) >= 11 is 0. The second kappa shape index (κ2) is 25.6. The van der Waals surface area contributed by atoms with Crippen molar-refractivity contribution in [1.82, 2.24) is 5.32 Å². The topological polar surface area (TPSA) is 347 Å². The summed E-state index contributed by atoms with van der Waals surface area (Å²) in [4.78, 5) is 60.1. The molecule has 1 amide bonds. The zero-order chi connectivity index (χ0) is 72.1. The molecule has 26 atom stereocenters. The molecule has 2 saturated heterocycles. The van der Waals surface area contributed by atoms with Crippen LogP contribution in [0, 0.1) is 112 Å². The molecule has 552 valence electrons. The van der Waals surface area contributed by atoms with Crippen molar-refractivity contribution < 1.29 is 77.7 Å². The van der Waals surface area contributed by atoms with Crippen LogP contribution in [0.2, 0.25) is 0 Å². The zero-order valence-corrected chi connectivity index (χ0v) is 61.6. The van der Waals surface area contributed by atoms with E-state index in [-0.39, 0.29) is 114 Å². The normalized spacial score (nSPS) is 45.2. The fourth-order valence-corrected chi connectivity index (χ4v) is 26.4. The number of nitrogens with zero attached hydrogens (tertiary/aromatic N) is 1. The van der Waals surface area contributed by atoms with E-state index in [1.165, 1.54) is 51.0 Å². The van der Waals surface area contributed by atoms with Crippen LogP contribution in [0.1, 0.15) is 214 Å². The van der Waals surface area contributed by atoms with Gasteiger partial charge in [-0.1, -0.05) is 69.2 Å². The number of benzene rings is 1. The summed E-state index contributed by atoms with van der Waals surface area (Å²) in [7, 11) is 0. The average Bonchev–Trinajstić information content (AvgIpc) is 1.46. The predicted molar refractivity (Wildman–Crippen MR) is 365 cm³/mol. The molecular formula is C76H121N5O17. The number of nitro groups is 1. The molecule has 10 aliphatic carbocycles. The molecule has 2 aliphatic heterocycles. The lowest BCUT2D eigenvalue weighted by molar-refractivity contribution is -0.384. The van der Waals surface area contributed by atoms with Gasteiger partial charge in [-0.05, 0) is 222 Å². The first-order valence-corrected chi connectivity index (χ1v) is 37.2. The fourth-order valence-electron chi connectivity index (χ4n) is 26.4.